The van der Waals surface area contributed by atoms with Crippen LogP contribution < -0.4 is 5.32 Å². The monoisotopic (exact) mass is 228 g/mol. The van der Waals surface area contributed by atoms with Gasteiger partial charge in [-0.2, -0.15) is 5.26 Å². The third-order valence-electron chi connectivity index (χ3n) is 2.42. The molecule has 5 nitrogen and oxygen atoms in total. The average Bonchev–Trinajstić information content (AvgIpc) is 2.67. The number of para-hydroxylation sites is 1. The van der Waals surface area contributed by atoms with E-state index in [0.717, 1.165) is 0 Å². The second-order valence-electron chi connectivity index (χ2n) is 3.35. The smallest absolute Gasteiger partial charge is 0.349 e. The molecular formula is C12H8N2O3. The van der Waals surface area contributed by atoms with Crippen LogP contribution in [0.3, 0.4) is 0 Å². The number of carbonyl (C=O) groups excluding carboxylic acids is 2. The lowest BCUT2D eigenvalue weighted by Gasteiger charge is -2.00. The van der Waals surface area contributed by atoms with E-state index in [2.05, 4.69) is 10.1 Å². The van der Waals surface area contributed by atoms with Crippen LogP contribution in [0.4, 0.5) is 5.69 Å². The molecule has 0 saturated carbocycles. The Hall–Kier alpha value is -2.61. The van der Waals surface area contributed by atoms with Gasteiger partial charge in [0.25, 0.3) is 5.91 Å². The van der Waals surface area contributed by atoms with E-state index in [9.17, 15) is 9.59 Å². The summed E-state index contributed by atoms with van der Waals surface area (Å²) in [7, 11) is 1.17. The van der Waals surface area contributed by atoms with Crippen LogP contribution in [-0.4, -0.2) is 19.0 Å². The highest BCUT2D eigenvalue weighted by Gasteiger charge is 2.30. The number of esters is 1. The van der Waals surface area contributed by atoms with Crippen molar-refractivity contribution in [3.8, 4) is 6.07 Å². The van der Waals surface area contributed by atoms with Crippen LogP contribution >= 0.6 is 0 Å². The number of fused-ring (bicyclic) bond motifs is 1. The number of anilines is 1. The Morgan fingerprint density at radius 2 is 2.12 bits per heavy atom. The lowest BCUT2D eigenvalue weighted by atomic mass is 10.0. The van der Waals surface area contributed by atoms with Crippen LogP contribution in [0.2, 0.25) is 0 Å². The highest BCUT2D eigenvalue weighted by molar-refractivity contribution is 6.35. The molecule has 0 radical (unpaired) electrons. The van der Waals surface area contributed by atoms with Crippen LogP contribution in [-0.2, 0) is 14.3 Å². The van der Waals surface area contributed by atoms with Gasteiger partial charge in [-0.1, -0.05) is 18.2 Å². The van der Waals surface area contributed by atoms with Crippen molar-refractivity contribution in [2.24, 2.45) is 0 Å². The molecule has 0 aliphatic carbocycles. The molecule has 17 heavy (non-hydrogen) atoms. The number of carbonyl (C=O) groups is 2. The van der Waals surface area contributed by atoms with Crippen molar-refractivity contribution in [1.29, 1.82) is 5.26 Å². The number of rotatable bonds is 1. The van der Waals surface area contributed by atoms with E-state index in [1.54, 1.807) is 30.3 Å². The van der Waals surface area contributed by atoms with Crippen molar-refractivity contribution in [2.45, 2.75) is 0 Å². The van der Waals surface area contributed by atoms with Gasteiger partial charge in [0.2, 0.25) is 0 Å². The van der Waals surface area contributed by atoms with Gasteiger partial charge in [-0.25, -0.2) is 4.79 Å². The molecule has 1 aliphatic rings. The Labute approximate surface area is 97.3 Å². The number of ether oxygens (including phenoxy) is 1. The minimum absolute atomic E-state index is 0.0648. The van der Waals surface area contributed by atoms with Crippen LogP contribution in [0, 0.1) is 11.3 Å². The van der Waals surface area contributed by atoms with Gasteiger partial charge in [0.05, 0.1) is 12.7 Å². The predicted molar refractivity (Wildman–Crippen MR) is 59.6 cm³/mol. The van der Waals surface area contributed by atoms with Gasteiger partial charge < -0.3 is 10.1 Å². The molecule has 1 heterocycles. The number of nitrogens with one attached hydrogen (secondary N) is 1. The highest BCUT2D eigenvalue weighted by atomic mass is 16.5. The molecule has 1 aromatic carbocycles. The van der Waals surface area contributed by atoms with Gasteiger partial charge in [-0.15, -0.1) is 0 Å². The van der Waals surface area contributed by atoms with E-state index in [0.29, 0.717) is 11.3 Å². The molecule has 0 fully saturated rings. The van der Waals surface area contributed by atoms with Gasteiger partial charge >= 0.3 is 5.97 Å². The van der Waals surface area contributed by atoms with E-state index in [-0.39, 0.29) is 11.1 Å². The third-order valence-corrected chi connectivity index (χ3v) is 2.42. The Morgan fingerprint density at radius 3 is 2.76 bits per heavy atom. The van der Waals surface area contributed by atoms with E-state index >= 15 is 0 Å². The fraction of sp³-hybridized carbons (Fsp3) is 0.0833. The summed E-state index contributed by atoms with van der Waals surface area (Å²) in [6.45, 7) is 0. The number of methoxy groups -OCH3 is 1. The summed E-state index contributed by atoms with van der Waals surface area (Å²) in [5.41, 5.74) is 0.911. The third kappa shape index (κ3) is 1.66. The minimum Gasteiger partial charge on any atom is -0.465 e. The van der Waals surface area contributed by atoms with Crippen molar-refractivity contribution in [2.75, 3.05) is 12.4 Å². The number of nitrogens with zero attached hydrogens (tertiary/aromatic N) is 1. The second-order valence-corrected chi connectivity index (χ2v) is 3.35. The first-order valence-corrected chi connectivity index (χ1v) is 4.82. The first-order valence-electron chi connectivity index (χ1n) is 4.82. The number of benzene rings is 1. The summed E-state index contributed by atoms with van der Waals surface area (Å²) in [5.74, 6) is -1.28. The van der Waals surface area contributed by atoms with Gasteiger partial charge in [0, 0.05) is 11.3 Å². The molecule has 1 N–H and O–H groups in total. The molecule has 0 aromatic heterocycles. The first-order chi connectivity index (χ1) is 8.19. The molecule has 0 unspecified atom stereocenters. The zero-order valence-corrected chi connectivity index (χ0v) is 8.98. The Kier molecular flexibility index (Phi) is 2.63. The van der Waals surface area contributed by atoms with Gasteiger partial charge in [-0.05, 0) is 6.07 Å². The van der Waals surface area contributed by atoms with Crippen LogP contribution in [0.25, 0.3) is 5.57 Å². The quantitative estimate of drug-likeness (QED) is 0.443. The van der Waals surface area contributed by atoms with Crippen LogP contribution in [0.1, 0.15) is 5.56 Å². The molecule has 0 atom stereocenters. The number of hydrogen-bond acceptors (Lipinski definition) is 4. The zero-order valence-electron chi connectivity index (χ0n) is 8.98. The number of nitriles is 1. The molecule has 2 rings (SSSR count). The van der Waals surface area contributed by atoms with Gasteiger partial charge in [0.1, 0.15) is 6.07 Å². The maximum atomic E-state index is 11.7. The molecule has 1 aliphatic heterocycles. The summed E-state index contributed by atoms with van der Waals surface area (Å²) in [4.78, 5) is 23.1. The normalized spacial score (nSPS) is 15.6. The molecular weight excluding hydrogens is 220 g/mol. The SMILES string of the molecule is COC(=O)/C(C#N)=C1\C(=O)Nc2ccccc21. The summed E-state index contributed by atoms with van der Waals surface area (Å²) in [5, 5.41) is 11.5. The summed E-state index contributed by atoms with van der Waals surface area (Å²) in [6.07, 6.45) is 0. The van der Waals surface area contributed by atoms with Gasteiger partial charge in [-0.3, -0.25) is 4.79 Å². The predicted octanol–water partition coefficient (Wildman–Crippen LogP) is 1.09. The molecule has 0 spiro atoms. The topological polar surface area (TPSA) is 79.2 Å². The van der Waals surface area contributed by atoms with E-state index in [4.69, 9.17) is 5.26 Å². The maximum absolute atomic E-state index is 11.7. The van der Waals surface area contributed by atoms with Crippen molar-refractivity contribution >= 4 is 23.1 Å². The second kappa shape index (κ2) is 4.10. The lowest BCUT2D eigenvalue weighted by Crippen LogP contribution is -2.11. The van der Waals surface area contributed by atoms with Crippen LogP contribution in [0.15, 0.2) is 29.8 Å². The van der Waals surface area contributed by atoms with E-state index in [1.807, 2.05) is 0 Å². The molecule has 1 aromatic rings. The van der Waals surface area contributed by atoms with Crippen molar-refractivity contribution < 1.29 is 14.3 Å². The van der Waals surface area contributed by atoms with Crippen LogP contribution in [0.5, 0.6) is 0 Å². The highest BCUT2D eigenvalue weighted by Crippen LogP contribution is 2.33. The standard InChI is InChI=1S/C12H8N2O3/c1-17-12(16)8(6-13)10-7-4-2-3-5-9(7)14-11(10)15/h2-5H,1H3,(H,14,15)/b10-8-. The Balaban J connectivity index is 2.67. The average molecular weight is 228 g/mol. The Bertz CT molecular complexity index is 582. The molecule has 0 saturated heterocycles. The molecule has 84 valence electrons. The van der Waals surface area contributed by atoms with E-state index < -0.39 is 11.9 Å². The fourth-order valence-electron chi connectivity index (χ4n) is 1.67. The Morgan fingerprint density at radius 1 is 1.41 bits per heavy atom. The lowest BCUT2D eigenvalue weighted by molar-refractivity contribution is -0.135. The molecule has 5 heteroatoms. The zero-order chi connectivity index (χ0) is 12.4. The molecule has 1 amide bonds. The van der Waals surface area contributed by atoms with E-state index in [1.165, 1.54) is 7.11 Å². The summed E-state index contributed by atoms with van der Waals surface area (Å²) < 4.78 is 4.48. The van der Waals surface area contributed by atoms with Crippen molar-refractivity contribution in [1.82, 2.24) is 0 Å². The first kappa shape index (κ1) is 10.9. The number of hydrogen-bond donors (Lipinski definition) is 1. The molecule has 0 bridgehead atoms. The summed E-state index contributed by atoms with van der Waals surface area (Å²) in [6, 6.07) is 8.56. The largest absolute Gasteiger partial charge is 0.465 e. The van der Waals surface area contributed by atoms with Gasteiger partial charge in [0.15, 0.2) is 5.57 Å². The minimum atomic E-state index is -0.811. The summed E-state index contributed by atoms with van der Waals surface area (Å²) >= 11 is 0. The number of amides is 1. The maximum Gasteiger partial charge on any atom is 0.349 e. The van der Waals surface area contributed by atoms with Crippen molar-refractivity contribution in [3.63, 3.8) is 0 Å². The fourth-order valence-corrected chi connectivity index (χ4v) is 1.67. The van der Waals surface area contributed by atoms with Crippen molar-refractivity contribution in [3.05, 3.63) is 35.4 Å².